The number of anilines is 1. The highest BCUT2D eigenvalue weighted by atomic mass is 16.5. The minimum absolute atomic E-state index is 0.0340. The number of nitrogens with one attached hydrogen (secondary N) is 8. The third kappa shape index (κ3) is 23.7. The largest absolute Gasteiger partial charge is 0.480 e. The van der Waals surface area contributed by atoms with E-state index in [4.69, 9.17) is 23.7 Å². The number of likely N-dealkylation sites (N-methyl/N-ethyl adjacent to an activating group) is 2. The number of carbonyl (C=O) groups excluding carboxylic acids is 11. The summed E-state index contributed by atoms with van der Waals surface area (Å²) in [7, 11) is 8.16. The maximum Gasteiger partial charge on any atom is 0.326 e. The van der Waals surface area contributed by atoms with Crippen molar-refractivity contribution in [2.24, 2.45) is 29.6 Å². The molecular weight excluding hydrogens is 1230 g/mol. The third-order valence-electron chi connectivity index (χ3n) is 17.2. The van der Waals surface area contributed by atoms with Crippen LogP contribution in [0.5, 0.6) is 5.75 Å². The van der Waals surface area contributed by atoms with Crippen LogP contribution in [-0.4, -0.2) is 233 Å². The van der Waals surface area contributed by atoms with E-state index in [0.717, 1.165) is 0 Å². The summed E-state index contributed by atoms with van der Waals surface area (Å²) in [5.74, 6) is -6.11. The molecule has 95 heavy (non-hydrogen) atoms. The number of hydrogen-bond donors (Lipinski definition) is 9. The Balaban J connectivity index is 1.53. The summed E-state index contributed by atoms with van der Waals surface area (Å²) in [5, 5.41) is 31.6. The van der Waals surface area contributed by atoms with Gasteiger partial charge in [0, 0.05) is 53.7 Å². The number of carboxylic acid groups (broad SMARTS) is 1. The molecule has 1 fully saturated rings. The summed E-state index contributed by atoms with van der Waals surface area (Å²) in [6.07, 6.45) is -1.19. The number of fused-ring (bicyclic) bond motifs is 2. The van der Waals surface area contributed by atoms with Crippen LogP contribution in [0, 0.1) is 41.4 Å². The van der Waals surface area contributed by atoms with E-state index in [1.54, 1.807) is 23.8 Å². The SMILES string of the molecule is C=C1C#CC(=O)NC2C(=O)NCCOCCC(=O)N[C@@H](C)C(=O)N[C@@H](C)C(=O)Nc3cc(C[C@H](NC(=O)[C@H](C)[C@@H](OC)[C@@H]4CCCN4C(=O)C[C@@H](OC)[C@H]([C@@H](C)CC)N(C)C(=O)[C@@H](NC(=O)[C@H](C(C)C)N(C)C)C(C)C)C(=O)O)ccc3OC(=O)CCOCCNC(=O)C2C1. The normalized spacial score (nSPS) is 22.9. The topological polar surface area (TPSA) is 377 Å². The van der Waals surface area contributed by atoms with Crippen LogP contribution in [0.25, 0.3) is 0 Å². The molecule has 3 heterocycles. The molecule has 0 aliphatic carbocycles. The van der Waals surface area contributed by atoms with Gasteiger partial charge in [-0.1, -0.05) is 73.5 Å². The fourth-order valence-corrected chi connectivity index (χ4v) is 11.8. The number of amides is 10. The molecule has 29 nitrogen and oxygen atoms in total. The van der Waals surface area contributed by atoms with Gasteiger partial charge in [0.25, 0.3) is 5.91 Å². The van der Waals surface area contributed by atoms with Crippen molar-refractivity contribution in [2.75, 3.05) is 86.7 Å². The number of benzene rings is 1. The monoisotopic (exact) mass is 1340 g/mol. The number of likely N-dealkylation sites (tertiary alicyclic amines) is 1. The van der Waals surface area contributed by atoms with E-state index in [1.165, 1.54) is 46.3 Å². The number of rotatable bonds is 21. The number of esters is 1. The number of allylic oxidation sites excluding steroid dienone is 1. The van der Waals surface area contributed by atoms with Gasteiger partial charge < -0.3 is 81.1 Å². The summed E-state index contributed by atoms with van der Waals surface area (Å²) in [6, 6.07) is -3.87. The predicted molar refractivity (Wildman–Crippen MR) is 348 cm³/mol. The van der Waals surface area contributed by atoms with Gasteiger partial charge in [-0.15, -0.1) is 0 Å². The molecule has 528 valence electrons. The molecule has 9 N–H and O–H groups in total. The van der Waals surface area contributed by atoms with E-state index < -0.39 is 126 Å². The highest BCUT2D eigenvalue weighted by molar-refractivity contribution is 6.01. The minimum Gasteiger partial charge on any atom is -0.480 e. The maximum atomic E-state index is 14.6. The lowest BCUT2D eigenvalue weighted by molar-refractivity contribution is -0.148. The van der Waals surface area contributed by atoms with Gasteiger partial charge in [-0.2, -0.15) is 0 Å². The second-order valence-electron chi connectivity index (χ2n) is 25.3. The van der Waals surface area contributed by atoms with Gasteiger partial charge in [-0.3, -0.25) is 57.6 Å². The lowest BCUT2D eigenvalue weighted by Crippen LogP contribution is -2.59. The summed E-state index contributed by atoms with van der Waals surface area (Å²) in [4.78, 5) is 168. The Hall–Kier alpha value is -8.04. The Morgan fingerprint density at radius 1 is 0.789 bits per heavy atom. The van der Waals surface area contributed by atoms with Gasteiger partial charge in [0.15, 0.2) is 5.75 Å². The Labute approximate surface area is 557 Å². The first-order valence-electron chi connectivity index (χ1n) is 32.4. The predicted octanol–water partition coefficient (Wildman–Crippen LogP) is 0.423. The maximum absolute atomic E-state index is 14.6. The molecule has 1 saturated heterocycles. The number of carbonyl (C=O) groups is 12. The number of hydrogen-bond acceptors (Lipinski definition) is 18. The zero-order valence-electron chi connectivity index (χ0n) is 57.4. The van der Waals surface area contributed by atoms with Crippen LogP contribution in [-0.2, 0) is 82.9 Å². The van der Waals surface area contributed by atoms with Gasteiger partial charge in [0.2, 0.25) is 53.2 Å². The standard InChI is InChI=1S/C66H101N11O18/c1-16-39(7)57(76(13)65(88)54(36(2)3)74-64(87)56(37(4)5)75(11)12)49(91-14)35-52(80)77-27-17-18-47(77)58(92-15)40(8)59(82)72-46(66(89)90)34-43-20-21-48-45(33-43)71-61(84)42(10)70-60(83)41(9)69-51(79)23-28-93-31-26-68-63(86)55-44(32-38(6)19-22-50(78)73-55)62(85)67-25-30-94-29-24-53(81)95-48/h20-21,33,36-37,39-42,44,46-47,49,54-58H,6,16-18,23-32,34-35H2,1-5,7-15H3,(H,67,85)(H,68,86)(H,69,79)(H,70,83)(H,71,84)(H,72,82)(H,73,78)(H,74,87)(H,89,90)/t39-,40+,41-,42-,44?,46-,47-,49+,54-,55?,56-,57-,58+/m0/s1. The van der Waals surface area contributed by atoms with Crippen molar-refractivity contribution in [1.29, 1.82) is 0 Å². The first kappa shape index (κ1) is 79.4. The number of nitrogens with zero attached hydrogens (tertiary/aromatic N) is 3. The Morgan fingerprint density at radius 3 is 2.03 bits per heavy atom. The van der Waals surface area contributed by atoms with Crippen LogP contribution in [0.15, 0.2) is 30.4 Å². The first-order valence-corrected chi connectivity index (χ1v) is 32.4. The van der Waals surface area contributed by atoms with E-state index >= 15 is 0 Å². The molecule has 1 aromatic carbocycles. The number of ether oxygens (including phenoxy) is 5. The Kier molecular flexibility index (Phi) is 32.2. The average molecular weight is 1340 g/mol. The number of aliphatic carboxylic acids is 1. The summed E-state index contributed by atoms with van der Waals surface area (Å²) >= 11 is 0. The molecule has 0 saturated carbocycles. The molecule has 13 atom stereocenters. The van der Waals surface area contributed by atoms with Crippen molar-refractivity contribution in [3.05, 3.63) is 35.9 Å². The summed E-state index contributed by atoms with van der Waals surface area (Å²) in [6.45, 7) is 19.3. The molecule has 4 rings (SSSR count). The number of methoxy groups -OCH3 is 2. The molecule has 0 aromatic heterocycles. The van der Waals surface area contributed by atoms with Crippen molar-refractivity contribution < 1.29 is 86.3 Å². The van der Waals surface area contributed by atoms with Crippen LogP contribution in [0.2, 0.25) is 0 Å². The van der Waals surface area contributed by atoms with Crippen LogP contribution in [0.3, 0.4) is 0 Å². The first-order chi connectivity index (χ1) is 44.8. The molecule has 0 radical (unpaired) electrons. The van der Waals surface area contributed by atoms with Crippen LogP contribution in [0.4, 0.5) is 5.69 Å². The van der Waals surface area contributed by atoms with Gasteiger partial charge in [-0.05, 0) is 94.1 Å². The van der Waals surface area contributed by atoms with Gasteiger partial charge in [0.05, 0.1) is 87.1 Å². The van der Waals surface area contributed by atoms with E-state index in [-0.39, 0.29) is 130 Å². The second-order valence-corrected chi connectivity index (χ2v) is 25.3. The molecule has 0 bridgehead atoms. The Bertz CT molecular complexity index is 2960. The highest BCUT2D eigenvalue weighted by Crippen LogP contribution is 2.31. The zero-order valence-corrected chi connectivity index (χ0v) is 57.4. The molecule has 3 aliphatic rings. The van der Waals surface area contributed by atoms with Crippen molar-refractivity contribution in [3.8, 4) is 17.6 Å². The van der Waals surface area contributed by atoms with Crippen molar-refractivity contribution in [1.82, 2.24) is 51.9 Å². The fraction of sp³-hybridized carbons (Fsp3) is 0.667. The Morgan fingerprint density at radius 2 is 1.43 bits per heavy atom. The smallest absolute Gasteiger partial charge is 0.326 e. The van der Waals surface area contributed by atoms with E-state index in [0.29, 0.717) is 25.8 Å². The molecule has 29 heteroatoms. The van der Waals surface area contributed by atoms with E-state index in [1.807, 2.05) is 60.5 Å². The molecule has 0 spiro atoms. The zero-order chi connectivity index (χ0) is 71.0. The molecule has 10 amide bonds. The summed E-state index contributed by atoms with van der Waals surface area (Å²) < 4.78 is 28.8. The van der Waals surface area contributed by atoms with Gasteiger partial charge >= 0.3 is 11.9 Å². The third-order valence-corrected chi connectivity index (χ3v) is 17.2. The summed E-state index contributed by atoms with van der Waals surface area (Å²) in [5.41, 5.74) is 0.344. The van der Waals surface area contributed by atoms with E-state index in [2.05, 4.69) is 61.0 Å². The van der Waals surface area contributed by atoms with Crippen LogP contribution >= 0.6 is 0 Å². The van der Waals surface area contributed by atoms with Gasteiger partial charge in [-0.25, -0.2) is 4.79 Å². The second kappa shape index (κ2) is 38.5. The lowest BCUT2D eigenvalue weighted by Gasteiger charge is -2.41. The number of carboxylic acids is 1. The molecule has 3 aliphatic heterocycles. The van der Waals surface area contributed by atoms with E-state index in [9.17, 15) is 62.6 Å². The van der Waals surface area contributed by atoms with Crippen LogP contribution in [0.1, 0.15) is 113 Å². The minimum atomic E-state index is -1.58. The fourth-order valence-electron chi connectivity index (χ4n) is 11.8. The van der Waals surface area contributed by atoms with Crippen molar-refractivity contribution in [3.63, 3.8) is 0 Å². The quantitative estimate of drug-likeness (QED) is 0.0458. The average Bonchev–Trinajstić information content (AvgIpc) is 1.81. The molecule has 1 aromatic rings. The highest BCUT2D eigenvalue weighted by Gasteiger charge is 2.44. The van der Waals surface area contributed by atoms with Gasteiger partial charge in [0.1, 0.15) is 30.2 Å². The molecular formula is C66H101N11O18. The molecule has 2 unspecified atom stereocenters. The lowest BCUT2D eigenvalue weighted by atomic mass is 9.89. The van der Waals surface area contributed by atoms with Crippen molar-refractivity contribution in [2.45, 2.75) is 174 Å². The van der Waals surface area contributed by atoms with Crippen LogP contribution < -0.4 is 47.3 Å². The van der Waals surface area contributed by atoms with Crippen molar-refractivity contribution >= 4 is 76.7 Å².